The fourth-order valence-electron chi connectivity index (χ4n) is 1.66. The molecule has 0 bridgehead atoms. The summed E-state index contributed by atoms with van der Waals surface area (Å²) < 4.78 is 27.1. The van der Waals surface area contributed by atoms with Crippen LogP contribution >= 0.6 is 22.6 Å². The number of imidazole rings is 1. The summed E-state index contributed by atoms with van der Waals surface area (Å²) in [4.78, 5) is 4.39. The Bertz CT molecular complexity index is 632. The first kappa shape index (κ1) is 13.5. The lowest BCUT2D eigenvalue weighted by atomic mass is 10.3. The van der Waals surface area contributed by atoms with E-state index in [1.165, 1.54) is 16.4 Å². The summed E-state index contributed by atoms with van der Waals surface area (Å²) in [5.41, 5.74) is 0. The summed E-state index contributed by atoms with van der Waals surface area (Å²) in [6.07, 6.45) is 4.53. The number of nitrogens with zero attached hydrogens (tertiary/aromatic N) is 2. The molecule has 0 fully saturated rings. The van der Waals surface area contributed by atoms with Gasteiger partial charge in [-0.25, -0.2) is 17.4 Å². The molecule has 0 radical (unpaired) electrons. The standard InChI is InChI=1S/C12H13IN2O2S/c1-2-3-12-14-8-9-15(12)18(16,17)11-6-4-10(13)5-7-11/h4-9H,2-3H2,1H3. The summed E-state index contributed by atoms with van der Waals surface area (Å²) in [5, 5.41) is 0. The molecule has 0 aliphatic carbocycles. The van der Waals surface area contributed by atoms with Crippen LogP contribution in [-0.4, -0.2) is 17.4 Å². The van der Waals surface area contributed by atoms with E-state index >= 15 is 0 Å². The molecule has 0 saturated heterocycles. The Labute approximate surface area is 120 Å². The van der Waals surface area contributed by atoms with E-state index in [-0.39, 0.29) is 0 Å². The molecule has 1 aromatic carbocycles. The molecule has 0 atom stereocenters. The third-order valence-corrected chi connectivity index (χ3v) is 4.96. The largest absolute Gasteiger partial charge is 0.269 e. The van der Waals surface area contributed by atoms with Gasteiger partial charge in [-0.2, -0.15) is 0 Å². The van der Waals surface area contributed by atoms with E-state index in [1.54, 1.807) is 24.3 Å². The lowest BCUT2D eigenvalue weighted by Gasteiger charge is -2.08. The van der Waals surface area contributed by atoms with Crippen molar-refractivity contribution in [3.05, 3.63) is 46.1 Å². The molecule has 0 amide bonds. The zero-order chi connectivity index (χ0) is 13.2. The number of benzene rings is 1. The van der Waals surface area contributed by atoms with Crippen LogP contribution in [0.2, 0.25) is 0 Å². The number of rotatable bonds is 4. The van der Waals surface area contributed by atoms with Crippen LogP contribution in [0.1, 0.15) is 19.2 Å². The number of aromatic nitrogens is 2. The topological polar surface area (TPSA) is 52.0 Å². The molecule has 0 aliphatic rings. The molecule has 0 spiro atoms. The van der Waals surface area contributed by atoms with Crippen molar-refractivity contribution in [2.45, 2.75) is 24.7 Å². The minimum Gasteiger partial charge on any atom is -0.241 e. The molecule has 6 heteroatoms. The van der Waals surface area contributed by atoms with E-state index in [0.29, 0.717) is 17.1 Å². The van der Waals surface area contributed by atoms with Gasteiger partial charge >= 0.3 is 0 Å². The highest BCUT2D eigenvalue weighted by Gasteiger charge is 2.19. The van der Waals surface area contributed by atoms with Crippen molar-refractivity contribution in [1.29, 1.82) is 0 Å². The van der Waals surface area contributed by atoms with Crippen molar-refractivity contribution < 1.29 is 8.42 Å². The Hall–Kier alpha value is -0.890. The zero-order valence-electron chi connectivity index (χ0n) is 9.88. The third-order valence-electron chi connectivity index (χ3n) is 2.52. The first-order valence-corrected chi connectivity index (χ1v) is 8.11. The molecular formula is C12H13IN2O2S. The van der Waals surface area contributed by atoms with Gasteiger partial charge in [0.1, 0.15) is 5.82 Å². The normalized spacial score (nSPS) is 11.7. The maximum atomic E-state index is 12.4. The molecule has 1 heterocycles. The van der Waals surface area contributed by atoms with Crippen LogP contribution in [0, 0.1) is 3.57 Å². The van der Waals surface area contributed by atoms with Crippen LogP contribution in [0.25, 0.3) is 0 Å². The minimum absolute atomic E-state index is 0.290. The molecule has 1 aromatic heterocycles. The summed E-state index contributed by atoms with van der Waals surface area (Å²) in [5.74, 6) is 0.580. The zero-order valence-corrected chi connectivity index (χ0v) is 12.8. The third kappa shape index (κ3) is 2.59. The van der Waals surface area contributed by atoms with Gasteiger partial charge in [-0.15, -0.1) is 0 Å². The molecule has 0 saturated carbocycles. The van der Waals surface area contributed by atoms with Gasteiger partial charge in [0, 0.05) is 22.4 Å². The van der Waals surface area contributed by atoms with Gasteiger partial charge in [0.15, 0.2) is 0 Å². The predicted molar refractivity (Wildman–Crippen MR) is 78.0 cm³/mol. The average Bonchev–Trinajstić information content (AvgIpc) is 2.79. The highest BCUT2D eigenvalue weighted by atomic mass is 127. The lowest BCUT2D eigenvalue weighted by molar-refractivity contribution is 0.584. The fourth-order valence-corrected chi connectivity index (χ4v) is 3.36. The SMILES string of the molecule is CCCc1nccn1S(=O)(=O)c1ccc(I)cc1. The van der Waals surface area contributed by atoms with Crippen LogP contribution in [-0.2, 0) is 16.4 Å². The highest BCUT2D eigenvalue weighted by Crippen LogP contribution is 2.17. The second-order valence-electron chi connectivity index (χ2n) is 3.85. The molecule has 2 rings (SSSR count). The Morgan fingerprint density at radius 3 is 2.56 bits per heavy atom. The van der Waals surface area contributed by atoms with Gasteiger partial charge in [-0.05, 0) is 53.3 Å². The van der Waals surface area contributed by atoms with Gasteiger partial charge in [0.05, 0.1) is 4.90 Å². The fraction of sp³-hybridized carbons (Fsp3) is 0.250. The van der Waals surface area contributed by atoms with Crippen molar-refractivity contribution in [2.24, 2.45) is 0 Å². The second kappa shape index (κ2) is 5.40. The van der Waals surface area contributed by atoms with Crippen molar-refractivity contribution in [1.82, 2.24) is 8.96 Å². The van der Waals surface area contributed by atoms with Gasteiger partial charge in [-0.1, -0.05) is 6.92 Å². The molecule has 2 aromatic rings. The van der Waals surface area contributed by atoms with E-state index in [9.17, 15) is 8.42 Å². The number of hydrogen-bond donors (Lipinski definition) is 0. The van der Waals surface area contributed by atoms with E-state index < -0.39 is 10.0 Å². The molecule has 0 N–H and O–H groups in total. The quantitative estimate of drug-likeness (QED) is 0.771. The molecule has 0 unspecified atom stereocenters. The maximum absolute atomic E-state index is 12.4. The summed E-state index contributed by atoms with van der Waals surface area (Å²) >= 11 is 2.14. The molecule has 0 aliphatic heterocycles. The molecule has 4 nitrogen and oxygen atoms in total. The van der Waals surface area contributed by atoms with Crippen molar-refractivity contribution in [2.75, 3.05) is 0 Å². The molecule has 18 heavy (non-hydrogen) atoms. The summed E-state index contributed by atoms with van der Waals surface area (Å²) in [7, 11) is -3.51. The highest BCUT2D eigenvalue weighted by molar-refractivity contribution is 14.1. The van der Waals surface area contributed by atoms with Gasteiger partial charge in [-0.3, -0.25) is 0 Å². The first-order valence-electron chi connectivity index (χ1n) is 5.59. The van der Waals surface area contributed by atoms with Crippen LogP contribution in [0.4, 0.5) is 0 Å². The van der Waals surface area contributed by atoms with Crippen molar-refractivity contribution in [3.63, 3.8) is 0 Å². The van der Waals surface area contributed by atoms with E-state index in [2.05, 4.69) is 27.6 Å². The predicted octanol–water partition coefficient (Wildman–Crippen LogP) is 2.68. The van der Waals surface area contributed by atoms with E-state index in [4.69, 9.17) is 0 Å². The Kier molecular flexibility index (Phi) is 4.06. The smallest absolute Gasteiger partial charge is 0.241 e. The Morgan fingerprint density at radius 2 is 1.94 bits per heavy atom. The Balaban J connectivity index is 2.48. The monoisotopic (exact) mass is 376 g/mol. The average molecular weight is 376 g/mol. The minimum atomic E-state index is -3.51. The number of hydrogen-bond acceptors (Lipinski definition) is 3. The second-order valence-corrected chi connectivity index (χ2v) is 6.91. The summed E-state index contributed by atoms with van der Waals surface area (Å²) in [6.45, 7) is 2.00. The van der Waals surface area contributed by atoms with Crippen LogP contribution in [0.5, 0.6) is 0 Å². The number of aryl methyl sites for hydroxylation is 1. The van der Waals surface area contributed by atoms with Crippen LogP contribution in [0.3, 0.4) is 0 Å². The van der Waals surface area contributed by atoms with Gasteiger partial charge in [0.25, 0.3) is 10.0 Å². The van der Waals surface area contributed by atoms with Crippen molar-refractivity contribution in [3.8, 4) is 0 Å². The van der Waals surface area contributed by atoms with E-state index in [0.717, 1.165) is 9.99 Å². The lowest BCUT2D eigenvalue weighted by Crippen LogP contribution is -2.15. The molecule has 96 valence electrons. The molecular weight excluding hydrogens is 363 g/mol. The van der Waals surface area contributed by atoms with Crippen molar-refractivity contribution >= 4 is 32.6 Å². The Morgan fingerprint density at radius 1 is 1.28 bits per heavy atom. The first-order chi connectivity index (χ1) is 8.55. The summed E-state index contributed by atoms with van der Waals surface area (Å²) in [6, 6.07) is 6.80. The number of halogens is 1. The van der Waals surface area contributed by atoms with Crippen LogP contribution < -0.4 is 0 Å². The van der Waals surface area contributed by atoms with Crippen LogP contribution in [0.15, 0.2) is 41.6 Å². The van der Waals surface area contributed by atoms with E-state index in [1.807, 2.05) is 6.92 Å². The van der Waals surface area contributed by atoms with Gasteiger partial charge in [0.2, 0.25) is 0 Å². The van der Waals surface area contributed by atoms with Gasteiger partial charge < -0.3 is 0 Å². The maximum Gasteiger partial charge on any atom is 0.269 e.